The van der Waals surface area contributed by atoms with Crippen molar-refractivity contribution in [1.82, 2.24) is 4.90 Å². The first-order valence-electron chi connectivity index (χ1n) is 17.1. The number of aromatic carboxylic acids is 1. The second-order valence-electron chi connectivity index (χ2n) is 16.2. The Kier molecular flexibility index (Phi) is 8.51. The molecule has 6 rings (SSSR count). The first-order chi connectivity index (χ1) is 20.3. The zero-order valence-electron chi connectivity index (χ0n) is 27.8. The number of amides is 1. The molecule has 1 aliphatic heterocycles. The van der Waals surface area contributed by atoms with Crippen LogP contribution in [0.25, 0.3) is 0 Å². The van der Waals surface area contributed by atoms with E-state index in [4.69, 9.17) is 0 Å². The summed E-state index contributed by atoms with van der Waals surface area (Å²) in [6.45, 7) is 18.8. The Bertz CT molecular complexity index is 1240. The molecule has 2 N–H and O–H groups in total. The summed E-state index contributed by atoms with van der Waals surface area (Å²) in [5.41, 5.74) is 1.25. The number of benzene rings is 1. The van der Waals surface area contributed by atoms with Crippen LogP contribution in [0.3, 0.4) is 0 Å². The third-order valence-corrected chi connectivity index (χ3v) is 14.4. The molecule has 1 aromatic carbocycles. The summed E-state index contributed by atoms with van der Waals surface area (Å²) in [5.74, 6) is 1.40. The lowest BCUT2D eigenvalue weighted by molar-refractivity contribution is -0.225. The van der Waals surface area contributed by atoms with Crippen LogP contribution in [0.1, 0.15) is 133 Å². The molecular formula is C38H57NO4. The molecule has 4 saturated carbocycles. The van der Waals surface area contributed by atoms with E-state index in [1.54, 1.807) is 30.3 Å². The number of hydrogen-bond donors (Lipinski definition) is 2. The Morgan fingerprint density at radius 1 is 0.884 bits per heavy atom. The van der Waals surface area contributed by atoms with E-state index in [2.05, 4.69) is 46.1 Å². The number of carbonyl (C=O) groups is 2. The molecule has 0 spiro atoms. The average molecular weight is 592 g/mol. The van der Waals surface area contributed by atoms with Crippen molar-refractivity contribution in [3.05, 3.63) is 48.0 Å². The lowest BCUT2D eigenvalue weighted by Gasteiger charge is -2.71. The van der Waals surface area contributed by atoms with Gasteiger partial charge in [0.15, 0.2) is 0 Å². The number of carboxylic acids is 1. The highest BCUT2D eigenvalue weighted by Gasteiger charge is 2.69. The Balaban J connectivity index is 0.00000118. The maximum absolute atomic E-state index is 14.0. The topological polar surface area (TPSA) is 77.8 Å². The minimum atomic E-state index is -0.996. The zero-order valence-corrected chi connectivity index (χ0v) is 27.8. The summed E-state index contributed by atoms with van der Waals surface area (Å²) in [6, 6.07) is 6.57. The van der Waals surface area contributed by atoms with E-state index >= 15 is 0 Å². The van der Waals surface area contributed by atoms with E-state index in [1.165, 1.54) is 51.4 Å². The van der Waals surface area contributed by atoms with Crippen LogP contribution in [-0.4, -0.2) is 45.7 Å². The molecule has 43 heavy (non-hydrogen) atoms. The molecule has 1 amide bonds. The maximum atomic E-state index is 14.0. The first kappa shape index (κ1) is 32.3. The van der Waals surface area contributed by atoms with Crippen LogP contribution in [0.5, 0.6) is 0 Å². The molecule has 8 atom stereocenters. The molecule has 5 fully saturated rings. The Morgan fingerprint density at radius 3 is 2.26 bits per heavy atom. The van der Waals surface area contributed by atoms with Crippen LogP contribution in [0, 0.1) is 45.3 Å². The number of fused-ring (bicyclic) bond motifs is 7. The third-order valence-electron chi connectivity index (χ3n) is 14.4. The normalized spacial score (nSPS) is 41.2. The fraction of sp³-hybridized carbons (Fsp3) is 0.737. The van der Waals surface area contributed by atoms with Gasteiger partial charge < -0.3 is 15.1 Å². The number of hydrogen-bond acceptors (Lipinski definition) is 3. The highest BCUT2D eigenvalue weighted by atomic mass is 16.4. The zero-order chi connectivity index (χ0) is 31.4. The van der Waals surface area contributed by atoms with Crippen molar-refractivity contribution in [2.45, 2.75) is 118 Å². The molecule has 0 aromatic heterocycles. The van der Waals surface area contributed by atoms with Crippen molar-refractivity contribution in [1.29, 1.82) is 0 Å². The molecule has 0 bridgehead atoms. The summed E-state index contributed by atoms with van der Waals surface area (Å²) in [6.07, 6.45) is 15.0. The predicted molar refractivity (Wildman–Crippen MR) is 173 cm³/mol. The van der Waals surface area contributed by atoms with Crippen molar-refractivity contribution in [3.63, 3.8) is 0 Å². The van der Waals surface area contributed by atoms with E-state index < -0.39 is 5.97 Å². The quantitative estimate of drug-likeness (QED) is 0.345. The van der Waals surface area contributed by atoms with E-state index in [9.17, 15) is 19.8 Å². The predicted octanol–water partition coefficient (Wildman–Crippen LogP) is 8.62. The van der Waals surface area contributed by atoms with Crippen molar-refractivity contribution in [2.75, 3.05) is 13.2 Å². The Labute approximate surface area is 260 Å². The fourth-order valence-electron chi connectivity index (χ4n) is 12.3. The maximum Gasteiger partial charge on any atom is 0.335 e. The van der Waals surface area contributed by atoms with E-state index in [-0.39, 0.29) is 33.3 Å². The standard InChI is InChI=1S/C35H51NO4.C3H6/c1-31(2)27-14-17-34(5)28(13-12-25-26-11-7-16-35(26,22-37)19-18-33(25,34)4)32(27,3)15-8-20-36(31)29(38)23-9-6-10-24(21-23)30(39)40;1-3-2/h6,9-10,21,25-28,37H,7-8,11-20,22H2,1-5H3,(H,39,40);3H,1H2,2H3/t25?,26?,27?,28?,32?,33-,34?,35?;/m1./s1. The SMILES string of the molecule is C=CC.CC12CCCN(C(=O)c3cccc(C(=O)O)c3)C(C)(C)C1CCC1(C)C2CCC2C3CCCC3(CO)CC[C@]21C. The monoisotopic (exact) mass is 591 g/mol. The average Bonchev–Trinajstić information content (AvgIpc) is 3.36. The lowest BCUT2D eigenvalue weighted by atomic mass is 9.34. The Morgan fingerprint density at radius 2 is 1.58 bits per heavy atom. The van der Waals surface area contributed by atoms with Gasteiger partial charge in [-0.25, -0.2) is 4.79 Å². The van der Waals surface area contributed by atoms with Gasteiger partial charge in [0.05, 0.1) is 5.56 Å². The summed E-state index contributed by atoms with van der Waals surface area (Å²) >= 11 is 0. The number of carboxylic acid groups (broad SMARTS) is 1. The highest BCUT2D eigenvalue weighted by Crippen LogP contribution is 2.75. The summed E-state index contributed by atoms with van der Waals surface area (Å²) in [5, 5.41) is 20.1. The van der Waals surface area contributed by atoms with Crippen molar-refractivity contribution in [2.24, 2.45) is 45.3 Å². The minimum Gasteiger partial charge on any atom is -0.478 e. The number of aliphatic hydroxyl groups is 1. The lowest BCUT2D eigenvalue weighted by Crippen LogP contribution is -2.66. The Hall–Kier alpha value is -2.14. The third kappa shape index (κ3) is 4.73. The number of nitrogens with zero attached hydrogens (tertiary/aromatic N) is 1. The van der Waals surface area contributed by atoms with E-state index in [0.29, 0.717) is 35.3 Å². The molecule has 1 saturated heterocycles. The fourth-order valence-corrected chi connectivity index (χ4v) is 12.3. The number of rotatable bonds is 3. The van der Waals surface area contributed by atoms with Crippen LogP contribution < -0.4 is 0 Å². The van der Waals surface area contributed by atoms with Gasteiger partial charge in [-0.2, -0.15) is 0 Å². The summed E-state index contributed by atoms with van der Waals surface area (Å²) < 4.78 is 0. The molecule has 5 nitrogen and oxygen atoms in total. The van der Waals surface area contributed by atoms with Gasteiger partial charge in [-0.3, -0.25) is 4.79 Å². The van der Waals surface area contributed by atoms with Gasteiger partial charge >= 0.3 is 5.97 Å². The van der Waals surface area contributed by atoms with Crippen LogP contribution in [0.15, 0.2) is 36.9 Å². The molecular weight excluding hydrogens is 534 g/mol. The van der Waals surface area contributed by atoms with E-state index in [1.807, 2.05) is 6.92 Å². The summed E-state index contributed by atoms with van der Waals surface area (Å²) in [4.78, 5) is 27.7. The number of likely N-dealkylation sites (tertiary alicyclic amines) is 1. The molecule has 4 aliphatic carbocycles. The summed E-state index contributed by atoms with van der Waals surface area (Å²) in [7, 11) is 0. The smallest absolute Gasteiger partial charge is 0.335 e. The van der Waals surface area contributed by atoms with Crippen LogP contribution in [-0.2, 0) is 0 Å². The highest BCUT2D eigenvalue weighted by molar-refractivity contribution is 5.97. The number of carbonyl (C=O) groups excluding carboxylic acids is 1. The van der Waals surface area contributed by atoms with Gasteiger partial charge in [-0.05, 0) is 149 Å². The van der Waals surface area contributed by atoms with Crippen molar-refractivity contribution < 1.29 is 19.8 Å². The van der Waals surface area contributed by atoms with Crippen molar-refractivity contribution >= 4 is 11.9 Å². The molecule has 0 radical (unpaired) electrons. The van der Waals surface area contributed by atoms with Gasteiger partial charge in [0.25, 0.3) is 5.91 Å². The van der Waals surface area contributed by atoms with Gasteiger partial charge in [0.1, 0.15) is 0 Å². The first-order valence-corrected chi connectivity index (χ1v) is 17.1. The van der Waals surface area contributed by atoms with E-state index in [0.717, 1.165) is 31.7 Å². The molecule has 7 unspecified atom stereocenters. The molecule has 1 heterocycles. The van der Waals surface area contributed by atoms with Crippen LogP contribution in [0.4, 0.5) is 0 Å². The molecule has 5 heteroatoms. The number of aliphatic hydroxyl groups excluding tert-OH is 1. The second kappa shape index (κ2) is 11.3. The second-order valence-corrected chi connectivity index (χ2v) is 16.2. The minimum absolute atomic E-state index is 0.0322. The van der Waals surface area contributed by atoms with Crippen LogP contribution >= 0.6 is 0 Å². The van der Waals surface area contributed by atoms with Gasteiger partial charge in [-0.15, -0.1) is 6.58 Å². The number of allylic oxidation sites excluding steroid dienone is 1. The van der Waals surface area contributed by atoms with Gasteiger partial charge in [-0.1, -0.05) is 39.3 Å². The van der Waals surface area contributed by atoms with Crippen molar-refractivity contribution in [3.8, 4) is 0 Å². The van der Waals surface area contributed by atoms with Gasteiger partial charge in [0, 0.05) is 24.3 Å². The van der Waals surface area contributed by atoms with Gasteiger partial charge in [0.2, 0.25) is 0 Å². The largest absolute Gasteiger partial charge is 0.478 e. The molecule has 238 valence electrons. The molecule has 1 aromatic rings. The van der Waals surface area contributed by atoms with Crippen LogP contribution in [0.2, 0.25) is 0 Å². The molecule has 5 aliphatic rings.